The maximum atomic E-state index is 11.3. The Balaban J connectivity index is 3.49. The second-order valence-electron chi connectivity index (χ2n) is 3.45. The molecule has 0 aromatic rings. The van der Waals surface area contributed by atoms with Crippen LogP contribution < -0.4 is 0 Å². The molecule has 0 rings (SSSR count). The smallest absolute Gasteiger partial charge is 0.223 e. The lowest BCUT2D eigenvalue weighted by Crippen LogP contribution is -2.29. The molecule has 0 unspecified atom stereocenters. The fraction of sp³-hybridized carbons (Fsp3) is 0.889. The minimum absolute atomic E-state index is 0.189. The SMILES string of the molecule is CN(C)CCCN(C)C(=O)CCS. The molecular weight excluding hydrogens is 184 g/mol. The zero-order valence-electron chi connectivity index (χ0n) is 8.79. The van der Waals surface area contributed by atoms with Crippen LogP contribution in [0, 0.1) is 0 Å². The molecule has 0 radical (unpaired) electrons. The highest BCUT2D eigenvalue weighted by molar-refractivity contribution is 7.80. The van der Waals surface area contributed by atoms with E-state index in [2.05, 4.69) is 17.5 Å². The average Bonchev–Trinajstić information content (AvgIpc) is 2.04. The van der Waals surface area contributed by atoms with Crippen LogP contribution in [0.3, 0.4) is 0 Å². The van der Waals surface area contributed by atoms with Crippen molar-refractivity contribution in [3.8, 4) is 0 Å². The van der Waals surface area contributed by atoms with Crippen molar-refractivity contribution in [1.82, 2.24) is 9.80 Å². The van der Waals surface area contributed by atoms with Gasteiger partial charge in [-0.2, -0.15) is 12.6 Å². The highest BCUT2D eigenvalue weighted by atomic mass is 32.1. The summed E-state index contributed by atoms with van der Waals surface area (Å²) in [6.45, 7) is 1.86. The molecular formula is C9H20N2OS. The van der Waals surface area contributed by atoms with Gasteiger partial charge in [0.1, 0.15) is 0 Å². The zero-order chi connectivity index (χ0) is 10.3. The maximum absolute atomic E-state index is 11.3. The second-order valence-corrected chi connectivity index (χ2v) is 3.89. The molecule has 0 fully saturated rings. The minimum Gasteiger partial charge on any atom is -0.346 e. The Morgan fingerprint density at radius 1 is 1.23 bits per heavy atom. The van der Waals surface area contributed by atoms with Crippen LogP contribution in [-0.2, 0) is 4.79 Å². The monoisotopic (exact) mass is 204 g/mol. The van der Waals surface area contributed by atoms with Gasteiger partial charge in [-0.3, -0.25) is 4.79 Å². The molecule has 0 aromatic carbocycles. The molecule has 78 valence electrons. The van der Waals surface area contributed by atoms with Gasteiger partial charge in [0.25, 0.3) is 0 Å². The highest BCUT2D eigenvalue weighted by Gasteiger charge is 2.06. The lowest BCUT2D eigenvalue weighted by molar-refractivity contribution is -0.129. The van der Waals surface area contributed by atoms with Crippen molar-refractivity contribution in [2.24, 2.45) is 0 Å². The van der Waals surface area contributed by atoms with Gasteiger partial charge in [0.05, 0.1) is 0 Å². The Morgan fingerprint density at radius 2 is 1.85 bits per heavy atom. The first-order valence-corrected chi connectivity index (χ1v) is 5.20. The second kappa shape index (κ2) is 7.21. The van der Waals surface area contributed by atoms with Crippen molar-refractivity contribution >= 4 is 18.5 Å². The topological polar surface area (TPSA) is 23.6 Å². The number of carbonyl (C=O) groups is 1. The van der Waals surface area contributed by atoms with Crippen molar-refractivity contribution in [2.75, 3.05) is 40.0 Å². The first kappa shape index (κ1) is 12.8. The van der Waals surface area contributed by atoms with Crippen molar-refractivity contribution in [2.45, 2.75) is 12.8 Å². The molecule has 0 atom stereocenters. The first-order valence-electron chi connectivity index (χ1n) is 4.57. The molecule has 3 nitrogen and oxygen atoms in total. The molecule has 4 heteroatoms. The molecule has 0 aliphatic carbocycles. The van der Waals surface area contributed by atoms with E-state index in [1.165, 1.54) is 0 Å². The van der Waals surface area contributed by atoms with E-state index in [0.717, 1.165) is 19.5 Å². The van der Waals surface area contributed by atoms with Crippen LogP contribution in [0.2, 0.25) is 0 Å². The Bertz CT molecular complexity index is 151. The Morgan fingerprint density at radius 3 is 2.31 bits per heavy atom. The summed E-state index contributed by atoms with van der Waals surface area (Å²) in [6.07, 6.45) is 1.57. The van der Waals surface area contributed by atoms with Gasteiger partial charge in [0.2, 0.25) is 5.91 Å². The summed E-state index contributed by atoms with van der Waals surface area (Å²) in [5, 5.41) is 0. The summed E-state index contributed by atoms with van der Waals surface area (Å²) >= 11 is 4.02. The predicted molar refractivity (Wildman–Crippen MR) is 59.3 cm³/mol. The van der Waals surface area contributed by atoms with Crippen LogP contribution in [0.1, 0.15) is 12.8 Å². The average molecular weight is 204 g/mol. The van der Waals surface area contributed by atoms with Gasteiger partial charge >= 0.3 is 0 Å². The molecule has 0 aliphatic heterocycles. The molecule has 13 heavy (non-hydrogen) atoms. The Labute approximate surface area is 86.5 Å². The zero-order valence-corrected chi connectivity index (χ0v) is 9.68. The lowest BCUT2D eigenvalue weighted by atomic mass is 10.3. The quantitative estimate of drug-likeness (QED) is 0.644. The number of carbonyl (C=O) groups excluding carboxylic acids is 1. The van der Waals surface area contributed by atoms with Gasteiger partial charge in [-0.1, -0.05) is 0 Å². The molecule has 1 amide bonds. The summed E-state index contributed by atoms with van der Waals surface area (Å²) in [4.78, 5) is 15.2. The van der Waals surface area contributed by atoms with E-state index >= 15 is 0 Å². The summed E-state index contributed by atoms with van der Waals surface area (Å²) in [7, 11) is 5.92. The van der Waals surface area contributed by atoms with Crippen LogP contribution >= 0.6 is 12.6 Å². The van der Waals surface area contributed by atoms with Gasteiger partial charge in [-0.15, -0.1) is 0 Å². The summed E-state index contributed by atoms with van der Waals surface area (Å²) in [6, 6.07) is 0. The number of amides is 1. The van der Waals surface area contributed by atoms with Gasteiger partial charge in [-0.05, 0) is 32.8 Å². The minimum atomic E-state index is 0.189. The number of thiol groups is 1. The molecule has 0 aliphatic rings. The Hall–Kier alpha value is -0.220. The van der Waals surface area contributed by atoms with E-state index in [0.29, 0.717) is 12.2 Å². The maximum Gasteiger partial charge on any atom is 0.223 e. The third kappa shape index (κ3) is 6.90. The normalized spacial score (nSPS) is 10.5. The molecule has 0 aromatic heterocycles. The molecule has 0 spiro atoms. The predicted octanol–water partition coefficient (Wildman–Crippen LogP) is 0.716. The third-order valence-corrected chi connectivity index (χ3v) is 2.07. The number of hydrogen-bond acceptors (Lipinski definition) is 3. The summed E-state index contributed by atoms with van der Waals surface area (Å²) in [5.74, 6) is 0.824. The van der Waals surface area contributed by atoms with Gasteiger partial charge in [-0.25, -0.2) is 0 Å². The number of rotatable bonds is 6. The van der Waals surface area contributed by atoms with E-state index in [9.17, 15) is 4.79 Å². The van der Waals surface area contributed by atoms with Gasteiger partial charge in [0, 0.05) is 20.0 Å². The number of hydrogen-bond donors (Lipinski definition) is 1. The van der Waals surface area contributed by atoms with E-state index in [1.807, 2.05) is 21.1 Å². The summed E-state index contributed by atoms with van der Waals surface area (Å²) in [5.41, 5.74) is 0. The van der Waals surface area contributed by atoms with Crippen LogP contribution in [0.4, 0.5) is 0 Å². The molecule has 0 heterocycles. The molecule has 0 bridgehead atoms. The first-order chi connectivity index (χ1) is 6.07. The van der Waals surface area contributed by atoms with E-state index in [4.69, 9.17) is 0 Å². The van der Waals surface area contributed by atoms with Gasteiger partial charge in [0.15, 0.2) is 0 Å². The van der Waals surface area contributed by atoms with Crippen LogP contribution in [0.15, 0.2) is 0 Å². The number of nitrogens with zero attached hydrogens (tertiary/aromatic N) is 2. The van der Waals surface area contributed by atoms with E-state index in [1.54, 1.807) is 4.90 Å². The van der Waals surface area contributed by atoms with E-state index < -0.39 is 0 Å². The fourth-order valence-electron chi connectivity index (χ4n) is 1.04. The molecule has 0 saturated carbocycles. The van der Waals surface area contributed by atoms with Crippen LogP contribution in [-0.4, -0.2) is 55.7 Å². The highest BCUT2D eigenvalue weighted by Crippen LogP contribution is 1.95. The van der Waals surface area contributed by atoms with Crippen molar-refractivity contribution < 1.29 is 4.79 Å². The van der Waals surface area contributed by atoms with Crippen LogP contribution in [0.5, 0.6) is 0 Å². The van der Waals surface area contributed by atoms with Crippen molar-refractivity contribution in [3.05, 3.63) is 0 Å². The summed E-state index contributed by atoms with van der Waals surface area (Å²) < 4.78 is 0. The Kier molecular flexibility index (Phi) is 7.09. The standard InChI is InChI=1S/C9H20N2OS/c1-10(2)6-4-7-11(3)9(12)5-8-13/h13H,4-8H2,1-3H3. The molecule has 0 N–H and O–H groups in total. The van der Waals surface area contributed by atoms with Crippen LogP contribution in [0.25, 0.3) is 0 Å². The van der Waals surface area contributed by atoms with E-state index in [-0.39, 0.29) is 5.91 Å². The fourth-order valence-corrected chi connectivity index (χ4v) is 1.23. The van der Waals surface area contributed by atoms with Gasteiger partial charge < -0.3 is 9.80 Å². The largest absolute Gasteiger partial charge is 0.346 e. The third-order valence-electron chi connectivity index (χ3n) is 1.85. The molecule has 0 saturated heterocycles. The van der Waals surface area contributed by atoms with Crippen molar-refractivity contribution in [3.63, 3.8) is 0 Å². The lowest BCUT2D eigenvalue weighted by Gasteiger charge is -2.18. The van der Waals surface area contributed by atoms with Crippen molar-refractivity contribution in [1.29, 1.82) is 0 Å².